The number of Topliss-reactive ketones (excluding diaryl/α,β-unsaturated/α-hetero) is 2. The van der Waals surface area contributed by atoms with Crippen molar-refractivity contribution in [1.29, 1.82) is 0 Å². The number of rotatable bonds is 28. The Labute approximate surface area is 366 Å². The molecule has 0 amide bonds. The second kappa shape index (κ2) is 33.0. The summed E-state index contributed by atoms with van der Waals surface area (Å²) >= 11 is 7.74. The van der Waals surface area contributed by atoms with Gasteiger partial charge < -0.3 is 72.1 Å². The molecular weight excluding hydrogens is 937 g/mol. The van der Waals surface area contributed by atoms with Crippen molar-refractivity contribution in [2.75, 3.05) is 103 Å². The van der Waals surface area contributed by atoms with Crippen molar-refractivity contribution in [1.82, 2.24) is 0 Å². The van der Waals surface area contributed by atoms with Crippen LogP contribution in [-0.4, -0.2) is 136 Å². The van der Waals surface area contributed by atoms with Gasteiger partial charge in [0.05, 0.1) is 79.3 Å². The predicted octanol–water partition coefficient (Wildman–Crippen LogP) is -1.18. The summed E-state index contributed by atoms with van der Waals surface area (Å²) in [5, 5.41) is 19.4. The van der Waals surface area contributed by atoms with Gasteiger partial charge in [0.1, 0.15) is 35.9 Å². The molecule has 16 heteroatoms. The van der Waals surface area contributed by atoms with E-state index in [4.69, 9.17) is 49.5 Å². The van der Waals surface area contributed by atoms with Crippen LogP contribution in [-0.2, 0) is 28.4 Å². The fourth-order valence-corrected chi connectivity index (χ4v) is 4.16. The maximum absolute atomic E-state index is 11.9. The van der Waals surface area contributed by atoms with Gasteiger partial charge in [-0.1, -0.05) is 22.6 Å². The van der Waals surface area contributed by atoms with Gasteiger partial charge >= 0.3 is 29.6 Å². The molecule has 12 nitrogen and oxygen atoms in total. The molecule has 0 saturated heterocycles. The summed E-state index contributed by atoms with van der Waals surface area (Å²) in [6, 6.07) is 13.4. The minimum absolute atomic E-state index is 0. The molecule has 0 spiro atoms. The first kappa shape index (κ1) is 53.9. The maximum Gasteiger partial charge on any atom is 1.00 e. The van der Waals surface area contributed by atoms with Crippen molar-refractivity contribution in [3.63, 3.8) is 0 Å². The van der Waals surface area contributed by atoms with E-state index in [0.29, 0.717) is 114 Å². The summed E-state index contributed by atoms with van der Waals surface area (Å²) in [6.07, 6.45) is 0. The smallest absolute Gasteiger partial charge is 1.00 e. The number of hydrogen-bond donors (Lipinski definition) is 2. The van der Waals surface area contributed by atoms with Gasteiger partial charge in [-0.05, 0) is 76.2 Å². The van der Waals surface area contributed by atoms with Crippen LogP contribution < -0.4 is 63.0 Å². The first-order chi connectivity index (χ1) is 23.9. The van der Waals surface area contributed by atoms with E-state index in [9.17, 15) is 19.8 Å². The fourth-order valence-electron chi connectivity index (χ4n) is 3.74. The van der Waals surface area contributed by atoms with Gasteiger partial charge in [0.2, 0.25) is 0 Å². The monoisotopic (exact) mass is 990 g/mol. The second-order valence-electron chi connectivity index (χ2n) is 11.6. The van der Waals surface area contributed by atoms with E-state index in [-0.39, 0.29) is 65.1 Å². The van der Waals surface area contributed by atoms with Crippen molar-refractivity contribution in [2.45, 2.75) is 38.9 Å². The number of aliphatic hydroxyl groups is 2. The number of alkyl halides is 2. The molecule has 52 heavy (non-hydrogen) atoms. The molecule has 0 atom stereocenters. The average molecular weight is 991 g/mol. The van der Waals surface area contributed by atoms with E-state index in [1.807, 2.05) is 0 Å². The number of carbonyl (C=O) groups is 2. The Morgan fingerprint density at radius 2 is 0.808 bits per heavy atom. The van der Waals surface area contributed by atoms with Gasteiger partial charge in [-0.2, -0.15) is 0 Å². The standard InChI is InChI=1S/C18H27ClO6.C18H27IO6.HI.Na/c2*1-18(2,21)17(20)15-3-5-16(6-4-15)25-14-13-24-12-11-23-10-9-22-8-7-19;;/h2*3-6,21H,7-14H2,1-2H3;1H;/q;;;+1/p-1. The molecule has 2 aromatic carbocycles. The summed E-state index contributed by atoms with van der Waals surface area (Å²) < 4.78 is 44.0. The summed E-state index contributed by atoms with van der Waals surface area (Å²) in [6.45, 7) is 13.1. The number of hydrogen-bond acceptors (Lipinski definition) is 12. The Kier molecular flexibility index (Phi) is 34.2. The molecule has 0 aromatic heterocycles. The molecule has 0 radical (unpaired) electrons. The van der Waals surface area contributed by atoms with Crippen LogP contribution in [0.1, 0.15) is 48.4 Å². The van der Waals surface area contributed by atoms with Crippen LogP contribution in [0.15, 0.2) is 48.5 Å². The molecule has 0 aliphatic heterocycles. The SMILES string of the molecule is CC(C)(O)C(=O)c1ccc(OCCOCCOCCOCCCl)cc1.CC(C)(O)C(=O)c1ccc(OCCOCCOCCOCCI)cc1.[I-].[Na+]. The molecule has 2 rings (SSSR count). The molecule has 0 saturated carbocycles. The molecule has 0 bridgehead atoms. The van der Waals surface area contributed by atoms with E-state index in [1.165, 1.54) is 27.7 Å². The molecule has 2 aromatic rings. The van der Waals surface area contributed by atoms with Crippen molar-refractivity contribution >= 4 is 45.8 Å². The third kappa shape index (κ3) is 27.4. The van der Waals surface area contributed by atoms with Crippen LogP contribution in [0.4, 0.5) is 0 Å². The summed E-state index contributed by atoms with van der Waals surface area (Å²) in [5.74, 6) is 1.14. The Hall–Kier alpha value is -0.190. The Bertz CT molecular complexity index is 1070. The molecule has 0 aliphatic rings. The Morgan fingerprint density at radius 1 is 0.538 bits per heavy atom. The molecule has 2 N–H and O–H groups in total. The van der Waals surface area contributed by atoms with E-state index in [2.05, 4.69) is 22.6 Å². The third-order valence-electron chi connectivity index (χ3n) is 6.27. The number of carbonyl (C=O) groups excluding carboxylic acids is 2. The van der Waals surface area contributed by atoms with Gasteiger partial charge in [0, 0.05) is 21.4 Å². The van der Waals surface area contributed by atoms with Gasteiger partial charge in [-0.3, -0.25) is 9.59 Å². The van der Waals surface area contributed by atoms with Gasteiger partial charge in [-0.15, -0.1) is 11.6 Å². The van der Waals surface area contributed by atoms with Crippen molar-refractivity contribution in [3.05, 3.63) is 59.7 Å². The number of ether oxygens (including phenoxy) is 8. The number of benzene rings is 2. The van der Waals surface area contributed by atoms with Gasteiger partial charge in [0.15, 0.2) is 11.6 Å². The van der Waals surface area contributed by atoms with Crippen LogP contribution in [0.5, 0.6) is 11.5 Å². The van der Waals surface area contributed by atoms with Crippen molar-refractivity contribution < 1.29 is 111 Å². The minimum Gasteiger partial charge on any atom is -1.00 e. The van der Waals surface area contributed by atoms with Crippen LogP contribution in [0.25, 0.3) is 0 Å². The zero-order valence-electron chi connectivity index (χ0n) is 31.0. The molecule has 0 fully saturated rings. The van der Waals surface area contributed by atoms with Crippen LogP contribution >= 0.6 is 34.2 Å². The van der Waals surface area contributed by atoms with Gasteiger partial charge in [-0.25, -0.2) is 0 Å². The largest absolute Gasteiger partial charge is 1.00 e. The van der Waals surface area contributed by atoms with Crippen LogP contribution in [0.3, 0.4) is 0 Å². The zero-order chi connectivity index (χ0) is 37.1. The molecule has 0 heterocycles. The van der Waals surface area contributed by atoms with Crippen LogP contribution in [0, 0.1) is 0 Å². The molecule has 0 aliphatic carbocycles. The van der Waals surface area contributed by atoms with E-state index in [0.717, 1.165) is 11.0 Å². The molecule has 292 valence electrons. The first-order valence-corrected chi connectivity index (χ1v) is 18.5. The van der Waals surface area contributed by atoms with E-state index < -0.39 is 11.2 Å². The minimum atomic E-state index is -1.38. The molecule has 0 unspecified atom stereocenters. The third-order valence-corrected chi connectivity index (χ3v) is 6.86. The normalized spacial score (nSPS) is 11.1. The summed E-state index contributed by atoms with van der Waals surface area (Å²) in [4.78, 5) is 23.8. The number of halogens is 3. The first-order valence-electron chi connectivity index (χ1n) is 16.5. The second-order valence-corrected chi connectivity index (χ2v) is 13.0. The Morgan fingerprint density at radius 3 is 1.08 bits per heavy atom. The maximum atomic E-state index is 11.9. The topological polar surface area (TPSA) is 148 Å². The molecular formula is C36H54ClI2NaO12. The van der Waals surface area contributed by atoms with Gasteiger partial charge in [0.25, 0.3) is 0 Å². The van der Waals surface area contributed by atoms with E-state index in [1.54, 1.807) is 48.5 Å². The van der Waals surface area contributed by atoms with E-state index >= 15 is 0 Å². The summed E-state index contributed by atoms with van der Waals surface area (Å²) in [7, 11) is 0. The van der Waals surface area contributed by atoms with Crippen LogP contribution in [0.2, 0.25) is 0 Å². The quantitative estimate of drug-likeness (QED) is 0.0348. The predicted molar refractivity (Wildman–Crippen MR) is 200 cm³/mol. The number of ketones is 2. The Balaban J connectivity index is 0. The van der Waals surface area contributed by atoms with Crippen molar-refractivity contribution in [3.8, 4) is 11.5 Å². The average Bonchev–Trinajstić information content (AvgIpc) is 3.09. The summed E-state index contributed by atoms with van der Waals surface area (Å²) in [5.41, 5.74) is -1.85. The van der Waals surface area contributed by atoms with Crippen molar-refractivity contribution in [2.24, 2.45) is 0 Å². The zero-order valence-corrected chi connectivity index (χ0v) is 38.1. The fraction of sp³-hybridized carbons (Fsp3) is 0.611.